The van der Waals surface area contributed by atoms with Crippen LogP contribution in [0, 0.1) is 17.8 Å². The Labute approximate surface area is 204 Å². The minimum Gasteiger partial charge on any atom is -0.491 e. The fraction of sp³-hybridized carbons (Fsp3) is 0.600. The van der Waals surface area contributed by atoms with Gasteiger partial charge in [-0.15, -0.1) is 0 Å². The minimum absolute atomic E-state index is 0.362. The number of aliphatic hydroxyl groups is 1. The summed E-state index contributed by atoms with van der Waals surface area (Å²) in [7, 11) is 0. The Balaban J connectivity index is 0.954. The predicted molar refractivity (Wildman–Crippen MR) is 136 cm³/mol. The molecule has 182 valence electrons. The van der Waals surface area contributed by atoms with Crippen LogP contribution in [0.15, 0.2) is 54.6 Å². The van der Waals surface area contributed by atoms with Crippen LogP contribution in [0.25, 0.3) is 0 Å². The monoisotopic (exact) mass is 460 g/mol. The third-order valence-electron chi connectivity index (χ3n) is 9.13. The van der Waals surface area contributed by atoms with Crippen molar-refractivity contribution in [2.45, 2.75) is 56.6 Å². The van der Waals surface area contributed by atoms with Gasteiger partial charge in [0.15, 0.2) is 0 Å². The predicted octanol–water partition coefficient (Wildman–Crippen LogP) is 4.71. The van der Waals surface area contributed by atoms with Gasteiger partial charge in [0.25, 0.3) is 0 Å². The number of nitrogens with zero attached hydrogens (tertiary/aromatic N) is 2. The maximum absolute atomic E-state index is 10.6. The molecule has 0 radical (unpaired) electrons. The van der Waals surface area contributed by atoms with Gasteiger partial charge >= 0.3 is 0 Å². The van der Waals surface area contributed by atoms with Crippen LogP contribution in [0.2, 0.25) is 0 Å². The van der Waals surface area contributed by atoms with Crippen molar-refractivity contribution in [3.05, 3.63) is 65.7 Å². The van der Waals surface area contributed by atoms with E-state index in [1.165, 1.54) is 49.7 Å². The Hall–Kier alpha value is -1.88. The first-order valence-corrected chi connectivity index (χ1v) is 13.5. The van der Waals surface area contributed by atoms with Crippen molar-refractivity contribution < 1.29 is 9.84 Å². The number of benzene rings is 2. The van der Waals surface area contributed by atoms with E-state index < -0.39 is 6.10 Å². The van der Waals surface area contributed by atoms with E-state index in [1.807, 2.05) is 0 Å². The van der Waals surface area contributed by atoms with Crippen molar-refractivity contribution in [1.29, 1.82) is 0 Å². The largest absolute Gasteiger partial charge is 0.491 e. The van der Waals surface area contributed by atoms with E-state index in [4.69, 9.17) is 4.74 Å². The highest BCUT2D eigenvalue weighted by atomic mass is 16.5. The van der Waals surface area contributed by atoms with Gasteiger partial charge in [0.2, 0.25) is 0 Å². The van der Waals surface area contributed by atoms with Crippen molar-refractivity contribution in [1.82, 2.24) is 9.80 Å². The van der Waals surface area contributed by atoms with Crippen LogP contribution in [0.5, 0.6) is 5.75 Å². The molecule has 34 heavy (non-hydrogen) atoms. The number of β-amino-alcohol motifs (C(OH)–C–C–N with tert-alkyl or cyclic N) is 1. The van der Waals surface area contributed by atoms with Crippen LogP contribution in [-0.4, -0.2) is 60.3 Å². The molecule has 4 heteroatoms. The molecule has 2 aromatic rings. The van der Waals surface area contributed by atoms with Crippen LogP contribution in [0.3, 0.4) is 0 Å². The highest BCUT2D eigenvalue weighted by Gasteiger charge is 2.51. The maximum Gasteiger partial charge on any atom is 0.119 e. The molecule has 4 bridgehead atoms. The van der Waals surface area contributed by atoms with Gasteiger partial charge in [-0.3, -0.25) is 9.80 Å². The molecule has 0 aromatic heterocycles. The summed E-state index contributed by atoms with van der Waals surface area (Å²) < 4.78 is 6.00. The quantitative estimate of drug-likeness (QED) is 0.619. The lowest BCUT2D eigenvalue weighted by Crippen LogP contribution is -2.48. The van der Waals surface area contributed by atoms with E-state index in [-0.39, 0.29) is 0 Å². The Morgan fingerprint density at radius 1 is 0.794 bits per heavy atom. The number of hydrogen-bond donors (Lipinski definition) is 1. The second-order valence-electron chi connectivity index (χ2n) is 11.7. The maximum atomic E-state index is 10.6. The molecule has 0 amide bonds. The molecule has 7 rings (SSSR count). The zero-order valence-corrected chi connectivity index (χ0v) is 20.4. The first kappa shape index (κ1) is 22.6. The molecule has 1 aliphatic heterocycles. The summed E-state index contributed by atoms with van der Waals surface area (Å²) in [5.74, 6) is 3.80. The van der Waals surface area contributed by atoms with Gasteiger partial charge in [-0.05, 0) is 85.0 Å². The van der Waals surface area contributed by atoms with E-state index in [9.17, 15) is 5.11 Å². The zero-order valence-electron chi connectivity index (χ0n) is 20.4. The van der Waals surface area contributed by atoms with Gasteiger partial charge in [-0.2, -0.15) is 0 Å². The van der Waals surface area contributed by atoms with Gasteiger partial charge < -0.3 is 9.84 Å². The fourth-order valence-electron chi connectivity index (χ4n) is 7.88. The molecule has 5 aliphatic rings. The Bertz CT molecular complexity index is 901. The third kappa shape index (κ3) is 4.91. The van der Waals surface area contributed by atoms with E-state index in [0.29, 0.717) is 18.6 Å². The normalized spacial score (nSPS) is 32.1. The average molecular weight is 461 g/mol. The van der Waals surface area contributed by atoms with E-state index >= 15 is 0 Å². The third-order valence-corrected chi connectivity index (χ3v) is 9.13. The van der Waals surface area contributed by atoms with Crippen molar-refractivity contribution in [3.8, 4) is 5.75 Å². The molecule has 4 nitrogen and oxygen atoms in total. The zero-order chi connectivity index (χ0) is 23.0. The smallest absolute Gasteiger partial charge is 0.119 e. The number of ether oxygens (including phenoxy) is 1. The molecular weight excluding hydrogens is 420 g/mol. The second kappa shape index (κ2) is 9.64. The molecule has 1 saturated heterocycles. The Morgan fingerprint density at radius 2 is 1.38 bits per heavy atom. The number of rotatable bonds is 8. The molecule has 4 aliphatic carbocycles. The second-order valence-corrected chi connectivity index (χ2v) is 11.7. The highest BCUT2D eigenvalue weighted by Crippen LogP contribution is 2.60. The van der Waals surface area contributed by atoms with Crippen molar-refractivity contribution in [2.24, 2.45) is 17.8 Å². The number of hydrogen-bond acceptors (Lipinski definition) is 4. The van der Waals surface area contributed by atoms with Crippen LogP contribution in [-0.2, 0) is 12.0 Å². The summed E-state index contributed by atoms with van der Waals surface area (Å²) in [5.41, 5.74) is 3.35. The first-order valence-electron chi connectivity index (χ1n) is 13.5. The lowest BCUT2D eigenvalue weighted by atomic mass is 9.48. The molecule has 1 heterocycles. The molecule has 1 N–H and O–H groups in total. The van der Waals surface area contributed by atoms with Gasteiger partial charge in [-0.25, -0.2) is 0 Å². The molecule has 1 atom stereocenters. The van der Waals surface area contributed by atoms with Crippen molar-refractivity contribution >= 4 is 0 Å². The van der Waals surface area contributed by atoms with Crippen LogP contribution >= 0.6 is 0 Å². The average Bonchev–Trinajstić information content (AvgIpc) is 2.84. The molecule has 0 unspecified atom stereocenters. The van der Waals surface area contributed by atoms with E-state index in [1.54, 1.807) is 0 Å². The van der Waals surface area contributed by atoms with Crippen LogP contribution in [0.4, 0.5) is 0 Å². The topological polar surface area (TPSA) is 35.9 Å². The lowest BCUT2D eigenvalue weighted by molar-refractivity contribution is -0.00522. The first-order chi connectivity index (χ1) is 16.6. The summed E-state index contributed by atoms with van der Waals surface area (Å²) in [6.07, 6.45) is 8.20. The Kier molecular flexibility index (Phi) is 6.40. The minimum atomic E-state index is -0.455. The van der Waals surface area contributed by atoms with Crippen LogP contribution < -0.4 is 4.74 Å². The van der Waals surface area contributed by atoms with E-state index in [2.05, 4.69) is 64.4 Å². The summed E-state index contributed by atoms with van der Waals surface area (Å²) in [5, 5.41) is 10.6. The van der Waals surface area contributed by atoms with Crippen LogP contribution in [0.1, 0.15) is 49.7 Å². The summed E-state index contributed by atoms with van der Waals surface area (Å²) in [4.78, 5) is 4.87. The summed E-state index contributed by atoms with van der Waals surface area (Å²) >= 11 is 0. The fourth-order valence-corrected chi connectivity index (χ4v) is 7.88. The number of piperazine rings is 1. The van der Waals surface area contributed by atoms with E-state index in [0.717, 1.165) is 56.2 Å². The number of aliphatic hydroxyl groups excluding tert-OH is 1. The Morgan fingerprint density at radius 3 is 2.00 bits per heavy atom. The molecule has 2 aromatic carbocycles. The van der Waals surface area contributed by atoms with Crippen molar-refractivity contribution in [3.63, 3.8) is 0 Å². The standard InChI is InChI=1S/C30H40N2O2/c33-28(21-32-12-10-31(11-13-32)20-23-4-2-1-3-5-23)22-34-29-8-6-27(7-9-29)30-17-24-14-25(18-30)16-26(15-24)19-30/h1-9,24-26,28,33H,10-22H2/t24?,25?,26?,28-,30?/m1/s1. The molecular formula is C30H40N2O2. The van der Waals surface area contributed by atoms with Gasteiger partial charge in [-0.1, -0.05) is 42.5 Å². The van der Waals surface area contributed by atoms with Gasteiger partial charge in [0, 0.05) is 39.3 Å². The molecule has 4 saturated carbocycles. The highest BCUT2D eigenvalue weighted by molar-refractivity contribution is 5.34. The molecule has 0 spiro atoms. The molecule has 5 fully saturated rings. The van der Waals surface area contributed by atoms with Gasteiger partial charge in [0.05, 0.1) is 0 Å². The SMILES string of the molecule is O[C@@H](COc1ccc(C23CC4CC(CC(C4)C2)C3)cc1)CN1CCN(Cc2ccccc2)CC1. The van der Waals surface area contributed by atoms with Crippen molar-refractivity contribution in [2.75, 3.05) is 39.3 Å². The summed E-state index contributed by atoms with van der Waals surface area (Å²) in [6, 6.07) is 19.6. The van der Waals surface area contributed by atoms with Gasteiger partial charge in [0.1, 0.15) is 18.5 Å². The summed E-state index contributed by atoms with van der Waals surface area (Å²) in [6.45, 7) is 6.17. The lowest BCUT2D eigenvalue weighted by Gasteiger charge is -2.57.